The number of benzene rings is 1. The lowest BCUT2D eigenvalue weighted by atomic mass is 10.1. The highest BCUT2D eigenvalue weighted by Crippen LogP contribution is 2.24. The van der Waals surface area contributed by atoms with Crippen LogP contribution in [0, 0.1) is 0 Å². The number of ether oxygens (including phenoxy) is 1. The number of aryl methyl sites for hydroxylation is 1. The molecule has 20 heavy (non-hydrogen) atoms. The Labute approximate surface area is 122 Å². The standard InChI is InChI=1S/C15H18N2O2S/c1-3-11-4-6-12(7-5-11)15-17-13(10-20-15)14(18)16-8-9-19-2/h4-7,10H,3,8-9H2,1-2H3,(H,16,18). The summed E-state index contributed by atoms with van der Waals surface area (Å²) in [7, 11) is 1.60. The van der Waals surface area contributed by atoms with Gasteiger partial charge in [-0.2, -0.15) is 0 Å². The Kier molecular flexibility index (Phi) is 5.26. The van der Waals surface area contributed by atoms with Crippen molar-refractivity contribution in [3.8, 4) is 10.6 Å². The van der Waals surface area contributed by atoms with E-state index in [4.69, 9.17) is 4.74 Å². The Morgan fingerprint density at radius 2 is 2.10 bits per heavy atom. The molecule has 0 saturated carbocycles. The van der Waals surface area contributed by atoms with Crippen molar-refractivity contribution in [2.24, 2.45) is 0 Å². The van der Waals surface area contributed by atoms with E-state index in [2.05, 4.69) is 29.4 Å². The zero-order chi connectivity index (χ0) is 14.4. The number of carbonyl (C=O) groups excluding carboxylic acids is 1. The normalized spacial score (nSPS) is 10.5. The molecule has 4 nitrogen and oxygen atoms in total. The van der Waals surface area contributed by atoms with Gasteiger partial charge in [0.1, 0.15) is 10.7 Å². The Balaban J connectivity index is 2.05. The fourth-order valence-electron chi connectivity index (χ4n) is 1.75. The van der Waals surface area contributed by atoms with Crippen LogP contribution in [0.5, 0.6) is 0 Å². The number of nitrogens with one attached hydrogen (secondary N) is 1. The highest BCUT2D eigenvalue weighted by atomic mass is 32.1. The van der Waals surface area contributed by atoms with Crippen molar-refractivity contribution in [1.82, 2.24) is 10.3 Å². The molecule has 2 aromatic rings. The van der Waals surface area contributed by atoms with Crippen LogP contribution in [0.25, 0.3) is 10.6 Å². The maximum atomic E-state index is 11.8. The second-order valence-electron chi connectivity index (χ2n) is 4.34. The zero-order valence-electron chi connectivity index (χ0n) is 11.7. The van der Waals surface area contributed by atoms with Crippen LogP contribution in [0.15, 0.2) is 29.6 Å². The van der Waals surface area contributed by atoms with Crippen LogP contribution in [0.4, 0.5) is 0 Å². The van der Waals surface area contributed by atoms with Gasteiger partial charge in [-0.25, -0.2) is 4.98 Å². The largest absolute Gasteiger partial charge is 0.383 e. The maximum Gasteiger partial charge on any atom is 0.270 e. The van der Waals surface area contributed by atoms with Gasteiger partial charge in [0, 0.05) is 24.6 Å². The van der Waals surface area contributed by atoms with Crippen LogP contribution in [0.3, 0.4) is 0 Å². The first-order chi connectivity index (χ1) is 9.74. The molecule has 0 aliphatic heterocycles. The van der Waals surface area contributed by atoms with Gasteiger partial charge >= 0.3 is 0 Å². The molecule has 2 rings (SSSR count). The number of amides is 1. The van der Waals surface area contributed by atoms with Crippen molar-refractivity contribution >= 4 is 17.2 Å². The van der Waals surface area contributed by atoms with E-state index in [1.807, 2.05) is 12.1 Å². The Morgan fingerprint density at radius 3 is 2.75 bits per heavy atom. The van der Waals surface area contributed by atoms with Crippen LogP contribution in [-0.4, -0.2) is 31.2 Å². The summed E-state index contributed by atoms with van der Waals surface area (Å²) in [5.41, 5.74) is 2.80. The molecule has 1 aromatic heterocycles. The number of thiazole rings is 1. The third-order valence-electron chi connectivity index (χ3n) is 2.94. The van der Waals surface area contributed by atoms with E-state index in [1.54, 1.807) is 12.5 Å². The summed E-state index contributed by atoms with van der Waals surface area (Å²) in [6.45, 7) is 3.12. The van der Waals surface area contributed by atoms with Gasteiger partial charge in [-0.15, -0.1) is 11.3 Å². The van der Waals surface area contributed by atoms with Crippen LogP contribution in [0.1, 0.15) is 23.0 Å². The molecule has 106 valence electrons. The zero-order valence-corrected chi connectivity index (χ0v) is 12.5. The minimum atomic E-state index is -0.158. The molecule has 5 heteroatoms. The van der Waals surface area contributed by atoms with Gasteiger partial charge in [-0.3, -0.25) is 4.79 Å². The predicted octanol–water partition coefficient (Wildman–Crippen LogP) is 2.75. The number of carbonyl (C=O) groups is 1. The lowest BCUT2D eigenvalue weighted by Gasteiger charge is -2.01. The van der Waals surface area contributed by atoms with E-state index >= 15 is 0 Å². The molecule has 1 N–H and O–H groups in total. The lowest BCUT2D eigenvalue weighted by molar-refractivity contribution is 0.0933. The van der Waals surface area contributed by atoms with Crippen molar-refractivity contribution in [2.75, 3.05) is 20.3 Å². The van der Waals surface area contributed by atoms with Gasteiger partial charge in [0.2, 0.25) is 0 Å². The molecule has 0 spiro atoms. The van der Waals surface area contributed by atoms with Gasteiger partial charge in [0.15, 0.2) is 0 Å². The van der Waals surface area contributed by atoms with Crippen LogP contribution < -0.4 is 5.32 Å². The van der Waals surface area contributed by atoms with Gasteiger partial charge in [0.25, 0.3) is 5.91 Å². The summed E-state index contributed by atoms with van der Waals surface area (Å²) < 4.78 is 4.89. The monoisotopic (exact) mass is 290 g/mol. The quantitative estimate of drug-likeness (QED) is 0.832. The molecule has 0 unspecified atom stereocenters. The topological polar surface area (TPSA) is 51.2 Å². The minimum Gasteiger partial charge on any atom is -0.383 e. The third kappa shape index (κ3) is 3.65. The molecule has 0 aliphatic carbocycles. The first-order valence-corrected chi connectivity index (χ1v) is 7.44. The Hall–Kier alpha value is -1.72. The van der Waals surface area contributed by atoms with Gasteiger partial charge in [0.05, 0.1) is 6.61 Å². The Bertz CT molecular complexity index is 564. The molecule has 0 fully saturated rings. The van der Waals surface area contributed by atoms with E-state index in [0.29, 0.717) is 18.8 Å². The van der Waals surface area contributed by atoms with Crippen LogP contribution in [-0.2, 0) is 11.2 Å². The van der Waals surface area contributed by atoms with Crippen LogP contribution >= 0.6 is 11.3 Å². The van der Waals surface area contributed by atoms with Crippen molar-refractivity contribution in [3.05, 3.63) is 40.9 Å². The molecule has 1 heterocycles. The highest BCUT2D eigenvalue weighted by Gasteiger charge is 2.11. The molecule has 0 saturated heterocycles. The van der Waals surface area contributed by atoms with E-state index in [1.165, 1.54) is 16.9 Å². The number of hydrogen-bond acceptors (Lipinski definition) is 4. The number of nitrogens with zero attached hydrogens (tertiary/aromatic N) is 1. The SMILES string of the molecule is CCc1ccc(-c2nc(C(=O)NCCOC)cs2)cc1. The van der Waals surface area contributed by atoms with Crippen molar-refractivity contribution in [1.29, 1.82) is 0 Å². The van der Waals surface area contributed by atoms with E-state index in [9.17, 15) is 4.79 Å². The van der Waals surface area contributed by atoms with Crippen molar-refractivity contribution in [2.45, 2.75) is 13.3 Å². The summed E-state index contributed by atoms with van der Waals surface area (Å²) in [5.74, 6) is -0.158. The summed E-state index contributed by atoms with van der Waals surface area (Å²) in [6.07, 6.45) is 1.02. The highest BCUT2D eigenvalue weighted by molar-refractivity contribution is 7.13. The first kappa shape index (κ1) is 14.7. The summed E-state index contributed by atoms with van der Waals surface area (Å²) in [5, 5.41) is 5.41. The summed E-state index contributed by atoms with van der Waals surface area (Å²) >= 11 is 1.48. The Morgan fingerprint density at radius 1 is 1.35 bits per heavy atom. The molecular formula is C15H18N2O2S. The predicted molar refractivity (Wildman–Crippen MR) is 81.1 cm³/mol. The fraction of sp³-hybridized carbons (Fsp3) is 0.333. The number of methoxy groups -OCH3 is 1. The van der Waals surface area contributed by atoms with Gasteiger partial charge in [-0.1, -0.05) is 31.2 Å². The van der Waals surface area contributed by atoms with Crippen molar-refractivity contribution in [3.63, 3.8) is 0 Å². The molecule has 0 bridgehead atoms. The lowest BCUT2D eigenvalue weighted by Crippen LogP contribution is -2.27. The fourth-order valence-corrected chi connectivity index (χ4v) is 2.56. The van der Waals surface area contributed by atoms with E-state index < -0.39 is 0 Å². The number of rotatable bonds is 6. The maximum absolute atomic E-state index is 11.8. The van der Waals surface area contributed by atoms with E-state index in [-0.39, 0.29) is 5.91 Å². The third-order valence-corrected chi connectivity index (χ3v) is 3.83. The van der Waals surface area contributed by atoms with Gasteiger partial charge < -0.3 is 10.1 Å². The minimum absolute atomic E-state index is 0.158. The molecular weight excluding hydrogens is 272 g/mol. The first-order valence-electron chi connectivity index (χ1n) is 6.56. The smallest absolute Gasteiger partial charge is 0.270 e. The average Bonchev–Trinajstić information content (AvgIpc) is 2.97. The second-order valence-corrected chi connectivity index (χ2v) is 5.20. The molecule has 0 aliphatic rings. The average molecular weight is 290 g/mol. The summed E-state index contributed by atoms with van der Waals surface area (Å²) in [6, 6.07) is 8.28. The van der Waals surface area contributed by atoms with E-state index in [0.717, 1.165) is 17.0 Å². The molecule has 1 amide bonds. The number of hydrogen-bond donors (Lipinski definition) is 1. The summed E-state index contributed by atoms with van der Waals surface area (Å²) in [4.78, 5) is 16.2. The number of aromatic nitrogens is 1. The van der Waals surface area contributed by atoms with Crippen LogP contribution in [0.2, 0.25) is 0 Å². The molecule has 1 aromatic carbocycles. The molecule has 0 radical (unpaired) electrons. The van der Waals surface area contributed by atoms with Crippen molar-refractivity contribution < 1.29 is 9.53 Å². The van der Waals surface area contributed by atoms with Gasteiger partial charge in [-0.05, 0) is 12.0 Å². The molecule has 0 atom stereocenters. The second kappa shape index (κ2) is 7.17.